The maximum absolute atomic E-state index is 13.0. The number of hydrogen-bond donors (Lipinski definition) is 0. The SMILES string of the molecule is O=C(c1ccc(-c2csc(-c3ccc(-c4cccc(C(F)(F)F)c4)cc3)n2)cc1)N1CCOCC1. The number of ether oxygens (including phenoxy) is 1. The molecule has 1 saturated heterocycles. The Hall–Kier alpha value is -3.49. The van der Waals surface area contributed by atoms with E-state index in [0.717, 1.165) is 34.0 Å². The summed E-state index contributed by atoms with van der Waals surface area (Å²) in [6.45, 7) is 2.32. The molecule has 1 aromatic heterocycles. The summed E-state index contributed by atoms with van der Waals surface area (Å²) in [5, 5.41) is 2.76. The Morgan fingerprint density at radius 3 is 2.20 bits per heavy atom. The zero-order valence-electron chi connectivity index (χ0n) is 18.6. The van der Waals surface area contributed by atoms with E-state index in [1.165, 1.54) is 17.4 Å². The molecule has 0 saturated carbocycles. The van der Waals surface area contributed by atoms with Crippen LogP contribution in [0.3, 0.4) is 0 Å². The Bertz CT molecular complexity index is 1330. The number of carbonyl (C=O) groups is 1. The minimum atomic E-state index is -4.37. The summed E-state index contributed by atoms with van der Waals surface area (Å²) in [6, 6.07) is 20.1. The van der Waals surface area contributed by atoms with Crippen molar-refractivity contribution in [1.82, 2.24) is 9.88 Å². The number of morpholine rings is 1. The van der Waals surface area contributed by atoms with E-state index in [2.05, 4.69) is 0 Å². The van der Waals surface area contributed by atoms with Gasteiger partial charge in [-0.15, -0.1) is 11.3 Å². The van der Waals surface area contributed by atoms with Gasteiger partial charge in [0.25, 0.3) is 5.91 Å². The fourth-order valence-corrected chi connectivity index (χ4v) is 4.79. The third-order valence-corrected chi connectivity index (χ3v) is 6.78. The fraction of sp³-hybridized carbons (Fsp3) is 0.185. The minimum absolute atomic E-state index is 0.000299. The van der Waals surface area contributed by atoms with Crippen molar-refractivity contribution in [1.29, 1.82) is 0 Å². The van der Waals surface area contributed by atoms with Crippen LogP contribution in [0, 0.1) is 0 Å². The lowest BCUT2D eigenvalue weighted by molar-refractivity contribution is -0.137. The molecule has 35 heavy (non-hydrogen) atoms. The van der Waals surface area contributed by atoms with Gasteiger partial charge in [0.05, 0.1) is 24.5 Å². The lowest BCUT2D eigenvalue weighted by Crippen LogP contribution is -2.40. The van der Waals surface area contributed by atoms with Crippen molar-refractivity contribution in [3.05, 3.63) is 89.3 Å². The van der Waals surface area contributed by atoms with Crippen molar-refractivity contribution >= 4 is 17.2 Å². The van der Waals surface area contributed by atoms with E-state index < -0.39 is 11.7 Å². The van der Waals surface area contributed by atoms with Crippen LogP contribution in [0.5, 0.6) is 0 Å². The number of carbonyl (C=O) groups excluding carboxylic acids is 1. The van der Waals surface area contributed by atoms with Crippen molar-refractivity contribution in [2.45, 2.75) is 6.18 Å². The Kier molecular flexibility index (Phi) is 6.40. The van der Waals surface area contributed by atoms with Crippen LogP contribution in [0.25, 0.3) is 33.0 Å². The second-order valence-electron chi connectivity index (χ2n) is 8.18. The number of alkyl halides is 3. The van der Waals surface area contributed by atoms with Gasteiger partial charge in [-0.25, -0.2) is 4.98 Å². The summed E-state index contributed by atoms with van der Waals surface area (Å²) in [6.07, 6.45) is -4.37. The fourth-order valence-electron chi connectivity index (χ4n) is 3.95. The summed E-state index contributed by atoms with van der Waals surface area (Å²) < 4.78 is 44.4. The Morgan fingerprint density at radius 2 is 1.51 bits per heavy atom. The third-order valence-electron chi connectivity index (χ3n) is 5.89. The molecule has 178 valence electrons. The van der Waals surface area contributed by atoms with Crippen LogP contribution in [0.4, 0.5) is 13.2 Å². The van der Waals surface area contributed by atoms with E-state index in [0.29, 0.717) is 43.0 Å². The van der Waals surface area contributed by atoms with E-state index in [4.69, 9.17) is 9.72 Å². The monoisotopic (exact) mass is 494 g/mol. The second kappa shape index (κ2) is 9.64. The van der Waals surface area contributed by atoms with Crippen molar-refractivity contribution in [2.75, 3.05) is 26.3 Å². The zero-order chi connectivity index (χ0) is 24.4. The average molecular weight is 495 g/mol. The summed E-state index contributed by atoms with van der Waals surface area (Å²) >= 11 is 1.49. The average Bonchev–Trinajstić information content (AvgIpc) is 3.39. The Morgan fingerprint density at radius 1 is 0.857 bits per heavy atom. The van der Waals surface area contributed by atoms with Crippen LogP contribution in [0.15, 0.2) is 78.2 Å². The Labute approximate surface area is 204 Å². The van der Waals surface area contributed by atoms with Crippen LogP contribution in [-0.2, 0) is 10.9 Å². The molecule has 1 aliphatic heterocycles. The largest absolute Gasteiger partial charge is 0.416 e. The lowest BCUT2D eigenvalue weighted by Gasteiger charge is -2.26. The molecule has 1 fully saturated rings. The molecule has 0 spiro atoms. The number of benzene rings is 3. The first-order valence-corrected chi connectivity index (χ1v) is 12.0. The molecule has 1 amide bonds. The van der Waals surface area contributed by atoms with Gasteiger partial charge in [-0.3, -0.25) is 4.79 Å². The molecular weight excluding hydrogens is 473 g/mol. The normalized spacial score (nSPS) is 14.2. The van der Waals surface area contributed by atoms with Gasteiger partial charge >= 0.3 is 6.18 Å². The molecule has 5 rings (SSSR count). The first kappa shape index (κ1) is 23.3. The van der Waals surface area contributed by atoms with Gasteiger partial charge in [0.2, 0.25) is 0 Å². The lowest BCUT2D eigenvalue weighted by atomic mass is 10.0. The molecule has 3 aromatic carbocycles. The number of rotatable bonds is 4. The molecule has 4 aromatic rings. The molecule has 0 aliphatic carbocycles. The number of nitrogens with zero attached hydrogens (tertiary/aromatic N) is 2. The summed E-state index contributed by atoms with van der Waals surface area (Å²) in [4.78, 5) is 19.2. The van der Waals surface area contributed by atoms with Crippen LogP contribution in [0.1, 0.15) is 15.9 Å². The van der Waals surface area contributed by atoms with E-state index >= 15 is 0 Å². The number of amides is 1. The molecule has 2 heterocycles. The number of aromatic nitrogens is 1. The highest BCUT2D eigenvalue weighted by Crippen LogP contribution is 2.34. The molecule has 0 N–H and O–H groups in total. The van der Waals surface area contributed by atoms with Crippen molar-refractivity contribution in [3.63, 3.8) is 0 Å². The molecule has 0 atom stereocenters. The van der Waals surface area contributed by atoms with Gasteiger partial charge in [-0.2, -0.15) is 13.2 Å². The highest BCUT2D eigenvalue weighted by molar-refractivity contribution is 7.13. The minimum Gasteiger partial charge on any atom is -0.378 e. The maximum Gasteiger partial charge on any atom is 0.416 e. The second-order valence-corrected chi connectivity index (χ2v) is 9.03. The van der Waals surface area contributed by atoms with Gasteiger partial charge in [-0.05, 0) is 35.4 Å². The zero-order valence-corrected chi connectivity index (χ0v) is 19.4. The summed E-state index contributed by atoms with van der Waals surface area (Å²) in [7, 11) is 0. The highest BCUT2D eigenvalue weighted by atomic mass is 32.1. The van der Waals surface area contributed by atoms with Gasteiger partial charge in [0.1, 0.15) is 5.01 Å². The molecule has 1 aliphatic rings. The molecule has 0 bridgehead atoms. The first-order valence-electron chi connectivity index (χ1n) is 11.1. The number of thiazole rings is 1. The molecule has 4 nitrogen and oxygen atoms in total. The molecule has 0 unspecified atom stereocenters. The molecular formula is C27H21F3N2O2S. The number of hydrogen-bond acceptors (Lipinski definition) is 4. The highest BCUT2D eigenvalue weighted by Gasteiger charge is 2.30. The predicted octanol–water partition coefficient (Wildman–Crippen LogP) is 6.64. The standard InChI is InChI=1S/C27H21F3N2O2S/c28-27(29,30)23-3-1-2-22(16-23)18-4-8-20(9-5-18)25-31-24(17-35-25)19-6-10-21(11-7-19)26(33)32-12-14-34-15-13-32/h1-11,16-17H,12-15H2. The summed E-state index contributed by atoms with van der Waals surface area (Å²) in [5.74, 6) is -0.000299. The first-order chi connectivity index (χ1) is 16.9. The van der Waals surface area contributed by atoms with Crippen molar-refractivity contribution < 1.29 is 22.7 Å². The third kappa shape index (κ3) is 5.13. The van der Waals surface area contributed by atoms with Crippen LogP contribution >= 0.6 is 11.3 Å². The number of halogens is 3. The van der Waals surface area contributed by atoms with Gasteiger partial charge in [0.15, 0.2) is 0 Å². The van der Waals surface area contributed by atoms with Crippen molar-refractivity contribution in [2.24, 2.45) is 0 Å². The van der Waals surface area contributed by atoms with Gasteiger partial charge < -0.3 is 9.64 Å². The molecule has 8 heteroatoms. The van der Waals surface area contributed by atoms with Crippen LogP contribution in [0.2, 0.25) is 0 Å². The quantitative estimate of drug-likeness (QED) is 0.320. The van der Waals surface area contributed by atoms with Crippen molar-refractivity contribution in [3.8, 4) is 33.0 Å². The van der Waals surface area contributed by atoms with Crippen LogP contribution < -0.4 is 0 Å². The van der Waals surface area contributed by atoms with Gasteiger partial charge in [0, 0.05) is 35.2 Å². The van der Waals surface area contributed by atoms with E-state index in [1.807, 2.05) is 41.8 Å². The van der Waals surface area contributed by atoms with E-state index in [1.54, 1.807) is 23.1 Å². The smallest absolute Gasteiger partial charge is 0.378 e. The topological polar surface area (TPSA) is 42.4 Å². The summed E-state index contributed by atoms with van der Waals surface area (Å²) in [5.41, 5.74) is 3.78. The van der Waals surface area contributed by atoms with E-state index in [9.17, 15) is 18.0 Å². The van der Waals surface area contributed by atoms with Gasteiger partial charge in [-0.1, -0.05) is 48.5 Å². The Balaban J connectivity index is 1.31. The maximum atomic E-state index is 13.0. The van der Waals surface area contributed by atoms with Crippen LogP contribution in [-0.4, -0.2) is 42.1 Å². The molecule has 0 radical (unpaired) electrons. The van der Waals surface area contributed by atoms with E-state index in [-0.39, 0.29) is 5.91 Å². The predicted molar refractivity (Wildman–Crippen MR) is 130 cm³/mol.